The summed E-state index contributed by atoms with van der Waals surface area (Å²) in [4.78, 5) is 0.838. The Labute approximate surface area is 355 Å². The van der Waals surface area contributed by atoms with Gasteiger partial charge in [-0.2, -0.15) is 0 Å². The fourth-order valence-electron chi connectivity index (χ4n) is 5.81. The summed E-state index contributed by atoms with van der Waals surface area (Å²) in [5.41, 5.74) is -17.6. The van der Waals surface area contributed by atoms with E-state index in [0.717, 1.165) is 0 Å². The van der Waals surface area contributed by atoms with Crippen LogP contribution in [0.4, 0.5) is 34.1 Å². The summed E-state index contributed by atoms with van der Waals surface area (Å²) in [5.74, 6) is -2.13. The number of ether oxygens (including phenoxy) is 1. The molecule has 0 aliphatic carbocycles. The van der Waals surface area contributed by atoms with Gasteiger partial charge in [0, 0.05) is 36.1 Å². The van der Waals surface area contributed by atoms with Crippen LogP contribution in [0.2, 0.25) is 0 Å². The highest BCUT2D eigenvalue weighted by molar-refractivity contribution is 6.06. The van der Waals surface area contributed by atoms with E-state index in [-0.39, 0.29) is 4.90 Å². The SMILES string of the molecule is [2H]c1c([2H])c([2H])c(-c2c([2H])c([2H])c(N(c3c([2H])c([2H])c([2H])c([2H])c3[2H])c3c([2H])c([2H])c(-c4c([2H])c5c6c(c4[2H])C(C([2H])([2H])[2H])(C([2H])([2H])[2H])c4c([2H])c([2H])c([2H])c([2H])c4N6c4c(c([2H])c([2H])c6c([2H])c([2H])c([2H])c([2H])c46)O5)c([2H])c3[2H])c([2H])c2[2H])c([2H])c1[2H]. The topological polar surface area (TPSA) is 15.7 Å². The van der Waals surface area contributed by atoms with Gasteiger partial charge < -0.3 is 14.5 Å². The largest absolute Gasteiger partial charge is 0.453 e. The standard InChI is InChI=1S/C49H36N2O/c1-49(2)42-19-11-12-20-44(42)51-47-41-18-10-9-15-36(41)25-30-45(47)52-46-32-37(31-43(49)48(46)51)35-23-28-40(29-24-35)50(38-16-7-4-8-17-38)39-26-21-34(22-27-39)33-13-5-3-6-14-33/h3-32H,1-2H3/i1D3,2D3,3D,4D,5D,6D,7D,8D,9D,10D,11D,12D,13D,14D,15D,16D,17D,18D,19D,20D,21D,22D,23D,24D,25D,26D,27D,28D,29D,30D,31D,32D. The molecule has 2 aliphatic heterocycles. The van der Waals surface area contributed by atoms with Gasteiger partial charge in [0.25, 0.3) is 0 Å². The quantitative estimate of drug-likeness (QED) is 0.177. The van der Waals surface area contributed by atoms with Gasteiger partial charge in [-0.3, -0.25) is 0 Å². The molecule has 0 aromatic heterocycles. The van der Waals surface area contributed by atoms with Crippen LogP contribution in [0.3, 0.4) is 0 Å². The monoisotopic (exact) mass is 705 g/mol. The van der Waals surface area contributed by atoms with Crippen LogP contribution in [0.5, 0.6) is 11.5 Å². The van der Waals surface area contributed by atoms with Gasteiger partial charge in [0.05, 0.1) is 58.2 Å². The minimum atomic E-state index is -4.16. The summed E-state index contributed by atoms with van der Waals surface area (Å²) in [6, 6.07) is -35.4. The van der Waals surface area contributed by atoms with Gasteiger partial charge in [-0.05, 0) is 99.2 Å². The van der Waals surface area contributed by atoms with E-state index in [0.29, 0.717) is 4.90 Å². The molecule has 52 heavy (non-hydrogen) atoms. The van der Waals surface area contributed by atoms with E-state index in [4.69, 9.17) is 30.8 Å². The molecule has 0 bridgehead atoms. The van der Waals surface area contributed by atoms with Gasteiger partial charge in [0.2, 0.25) is 0 Å². The summed E-state index contributed by atoms with van der Waals surface area (Å²) in [7, 11) is 0. The molecular formula is C49H36N2O. The van der Waals surface area contributed by atoms with Crippen LogP contribution < -0.4 is 14.5 Å². The van der Waals surface area contributed by atoms with E-state index >= 15 is 0 Å². The van der Waals surface area contributed by atoms with Crippen molar-refractivity contribution in [3.05, 3.63) is 192 Å². The van der Waals surface area contributed by atoms with Gasteiger partial charge >= 0.3 is 0 Å². The Kier molecular flexibility index (Phi) is 2.48. The van der Waals surface area contributed by atoms with E-state index in [1.54, 1.807) is 0 Å². The predicted octanol–water partition coefficient (Wildman–Crippen LogP) is 13.9. The number of rotatable bonds is 5. The maximum atomic E-state index is 10.1. The van der Waals surface area contributed by atoms with E-state index < -0.39 is 290 Å². The second kappa shape index (κ2) is 11.8. The molecular weight excluding hydrogens is 633 g/mol. The van der Waals surface area contributed by atoms with Gasteiger partial charge in [-0.1, -0.05) is 135 Å². The summed E-state index contributed by atoms with van der Waals surface area (Å²) < 4.78 is 332. The highest BCUT2D eigenvalue weighted by Gasteiger charge is 2.42. The average Bonchev–Trinajstić information content (AvgIpc) is 0.660. The van der Waals surface area contributed by atoms with Crippen LogP contribution in [0, 0.1) is 0 Å². The molecule has 248 valence electrons. The van der Waals surface area contributed by atoms with Crippen molar-refractivity contribution in [3.8, 4) is 33.8 Å². The maximum absolute atomic E-state index is 10.1. The number of hydrogen-bond acceptors (Lipinski definition) is 3. The predicted molar refractivity (Wildman–Crippen MR) is 216 cm³/mol. The van der Waals surface area contributed by atoms with Gasteiger partial charge in [0.15, 0.2) is 11.5 Å². The van der Waals surface area contributed by atoms with Crippen molar-refractivity contribution in [3.63, 3.8) is 0 Å². The van der Waals surface area contributed by atoms with Crippen molar-refractivity contribution in [2.24, 2.45) is 0 Å². The average molecular weight is 705 g/mol. The van der Waals surface area contributed by atoms with Crippen LogP contribution in [-0.4, -0.2) is 0 Å². The summed E-state index contributed by atoms with van der Waals surface area (Å²) in [6.07, 6.45) is 0. The molecule has 8 aromatic carbocycles. The molecule has 0 N–H and O–H groups in total. The third kappa shape index (κ3) is 4.74. The molecule has 0 atom stereocenters. The fraction of sp³-hybridized carbons (Fsp3) is 0.0612. The lowest BCUT2D eigenvalue weighted by atomic mass is 9.72. The number of benzene rings is 8. The second-order valence-electron chi connectivity index (χ2n) is 11.0. The zero-order valence-corrected chi connectivity index (χ0v) is 25.8. The zero-order chi connectivity index (χ0) is 65.9. The normalized spacial score (nSPS) is 23.7. The molecule has 10 rings (SSSR count). The van der Waals surface area contributed by atoms with E-state index in [1.165, 1.54) is 0 Å². The molecule has 2 heterocycles. The maximum Gasteiger partial charge on any atom is 0.152 e. The molecule has 3 heteroatoms. The first kappa shape index (κ1) is 11.0. The minimum Gasteiger partial charge on any atom is -0.453 e. The summed E-state index contributed by atoms with van der Waals surface area (Å²) in [6.45, 7) is -8.31. The lowest BCUT2D eigenvalue weighted by Gasteiger charge is -2.45. The van der Waals surface area contributed by atoms with Crippen molar-refractivity contribution in [2.75, 3.05) is 9.80 Å². The van der Waals surface area contributed by atoms with Crippen LogP contribution in [-0.2, 0) is 5.41 Å². The Balaban J connectivity index is 1.40. The Morgan fingerprint density at radius 3 is 1.83 bits per heavy atom. The van der Waals surface area contributed by atoms with Gasteiger partial charge in [-0.25, -0.2) is 0 Å². The first-order valence-corrected chi connectivity index (χ1v) is 15.0. The molecule has 0 unspecified atom stereocenters. The number of hydrogen-bond donors (Lipinski definition) is 0. The molecule has 0 fully saturated rings. The zero-order valence-electron chi connectivity index (χ0n) is 61.8. The summed E-state index contributed by atoms with van der Waals surface area (Å²) >= 11 is 0. The number of nitrogens with zero attached hydrogens (tertiary/aromatic N) is 2. The highest BCUT2D eigenvalue weighted by Crippen LogP contribution is 2.61. The molecule has 0 saturated heterocycles. The third-order valence-corrected chi connectivity index (χ3v) is 8.05. The lowest BCUT2D eigenvalue weighted by Crippen LogP contribution is -2.32. The van der Waals surface area contributed by atoms with Crippen LogP contribution in [0.25, 0.3) is 33.0 Å². The molecule has 8 aromatic rings. The number of fused-ring (bicyclic) bond motifs is 6. The van der Waals surface area contributed by atoms with Crippen LogP contribution in [0.1, 0.15) is 74.2 Å². The minimum absolute atomic E-state index is 0.223. The molecule has 2 aliphatic rings. The van der Waals surface area contributed by atoms with E-state index in [2.05, 4.69) is 0 Å². The van der Waals surface area contributed by atoms with Crippen LogP contribution in [0.15, 0.2) is 181 Å². The Morgan fingerprint density at radius 2 is 1.10 bits per heavy atom. The smallest absolute Gasteiger partial charge is 0.152 e. The van der Waals surface area contributed by atoms with E-state index in [1.807, 2.05) is 0 Å². The Hall–Kier alpha value is -6.58. The van der Waals surface area contributed by atoms with Gasteiger partial charge in [-0.15, -0.1) is 0 Å². The van der Waals surface area contributed by atoms with Crippen molar-refractivity contribution in [1.29, 1.82) is 0 Å². The number of para-hydroxylation sites is 2. The highest BCUT2D eigenvalue weighted by atomic mass is 16.5. The first-order chi connectivity index (χ1) is 40.5. The fourth-order valence-corrected chi connectivity index (χ4v) is 5.81. The molecule has 3 nitrogen and oxygen atoms in total. The molecule has 0 saturated carbocycles. The number of anilines is 6. The Morgan fingerprint density at radius 1 is 0.500 bits per heavy atom. The van der Waals surface area contributed by atoms with Crippen molar-refractivity contribution in [1.82, 2.24) is 0 Å². The first-order valence-electron chi connectivity index (χ1n) is 33.0. The summed E-state index contributed by atoms with van der Waals surface area (Å²) in [5, 5.41) is -1.46. The van der Waals surface area contributed by atoms with Crippen molar-refractivity contribution in [2.45, 2.75) is 19.1 Å². The molecule has 0 spiro atoms. The lowest BCUT2D eigenvalue weighted by molar-refractivity contribution is 0.472. The van der Waals surface area contributed by atoms with E-state index in [9.17, 15) is 23.3 Å². The molecule has 0 radical (unpaired) electrons. The second-order valence-corrected chi connectivity index (χ2v) is 11.0. The van der Waals surface area contributed by atoms with Crippen LogP contribution >= 0.6 is 0 Å². The van der Waals surface area contributed by atoms with Crippen molar-refractivity contribution >= 4 is 44.9 Å². The van der Waals surface area contributed by atoms with Gasteiger partial charge in [0.1, 0.15) is 0 Å². The van der Waals surface area contributed by atoms with Crippen molar-refractivity contribution < 1.29 is 54.1 Å². The third-order valence-electron chi connectivity index (χ3n) is 8.05. The Bertz CT molecular complexity index is 4460. The molecule has 0 amide bonds.